The van der Waals surface area contributed by atoms with Gasteiger partial charge in [0.2, 0.25) is 0 Å². The van der Waals surface area contributed by atoms with E-state index in [9.17, 15) is 9.59 Å². The Hall–Kier alpha value is -1.30. The molecule has 92 valence electrons. The number of carboxylic acid groups (broad SMARTS) is 1. The van der Waals surface area contributed by atoms with Crippen molar-refractivity contribution in [1.29, 1.82) is 0 Å². The Morgan fingerprint density at radius 1 is 1.38 bits per heavy atom. The molecule has 6 nitrogen and oxygen atoms in total. The van der Waals surface area contributed by atoms with Crippen LogP contribution < -0.4 is 10.6 Å². The molecule has 0 aromatic heterocycles. The molecule has 0 radical (unpaired) electrons. The van der Waals surface area contributed by atoms with Crippen molar-refractivity contribution < 1.29 is 14.7 Å². The average Bonchev–Trinajstić information content (AvgIpc) is 2.70. The monoisotopic (exact) mass is 229 g/mol. The average molecular weight is 229 g/mol. The van der Waals surface area contributed by atoms with E-state index in [1.807, 2.05) is 0 Å². The van der Waals surface area contributed by atoms with Crippen molar-refractivity contribution in [3.63, 3.8) is 0 Å². The highest BCUT2D eigenvalue weighted by Crippen LogP contribution is 2.05. The lowest BCUT2D eigenvalue weighted by Crippen LogP contribution is -2.46. The van der Waals surface area contributed by atoms with Crippen molar-refractivity contribution in [2.75, 3.05) is 26.2 Å². The van der Waals surface area contributed by atoms with Crippen LogP contribution >= 0.6 is 0 Å². The molecule has 1 fully saturated rings. The summed E-state index contributed by atoms with van der Waals surface area (Å²) in [6.45, 7) is 5.00. The number of carbonyl (C=O) groups is 2. The Kier molecular flexibility index (Phi) is 5.04. The molecule has 0 unspecified atom stereocenters. The molecular formula is C10H19N3O3. The zero-order valence-corrected chi connectivity index (χ0v) is 9.53. The van der Waals surface area contributed by atoms with Gasteiger partial charge >= 0.3 is 12.0 Å². The Morgan fingerprint density at radius 3 is 2.56 bits per heavy atom. The smallest absolute Gasteiger partial charge is 0.325 e. The van der Waals surface area contributed by atoms with E-state index in [0.29, 0.717) is 6.54 Å². The SMILES string of the molecule is C[C@@H](NC(=O)NCCN1CCCC1)C(=O)O. The molecule has 6 heteroatoms. The van der Waals surface area contributed by atoms with Crippen LogP contribution in [0.25, 0.3) is 0 Å². The molecule has 1 saturated heterocycles. The Morgan fingerprint density at radius 2 is 2.00 bits per heavy atom. The van der Waals surface area contributed by atoms with E-state index in [4.69, 9.17) is 5.11 Å². The number of aliphatic carboxylic acids is 1. The molecule has 1 heterocycles. The van der Waals surface area contributed by atoms with Gasteiger partial charge in [-0.25, -0.2) is 4.79 Å². The van der Waals surface area contributed by atoms with Crippen LogP contribution in [0.15, 0.2) is 0 Å². The van der Waals surface area contributed by atoms with E-state index in [2.05, 4.69) is 15.5 Å². The van der Waals surface area contributed by atoms with Crippen LogP contribution in [-0.2, 0) is 4.79 Å². The number of carboxylic acids is 1. The lowest BCUT2D eigenvalue weighted by Gasteiger charge is -2.15. The van der Waals surface area contributed by atoms with Crippen LogP contribution in [0.2, 0.25) is 0 Å². The second kappa shape index (κ2) is 6.32. The number of urea groups is 1. The number of amides is 2. The van der Waals surface area contributed by atoms with Gasteiger partial charge in [-0.2, -0.15) is 0 Å². The molecule has 0 aromatic rings. The minimum Gasteiger partial charge on any atom is -0.480 e. The van der Waals surface area contributed by atoms with E-state index >= 15 is 0 Å². The molecule has 3 N–H and O–H groups in total. The number of nitrogens with one attached hydrogen (secondary N) is 2. The fraction of sp³-hybridized carbons (Fsp3) is 0.800. The van der Waals surface area contributed by atoms with Gasteiger partial charge in [-0.3, -0.25) is 4.79 Å². The fourth-order valence-corrected chi connectivity index (χ4v) is 1.64. The van der Waals surface area contributed by atoms with Gasteiger partial charge in [0.15, 0.2) is 0 Å². The molecule has 2 amide bonds. The third-order valence-corrected chi connectivity index (χ3v) is 2.63. The van der Waals surface area contributed by atoms with Gasteiger partial charge in [0, 0.05) is 13.1 Å². The lowest BCUT2D eigenvalue weighted by atomic mass is 10.3. The normalized spacial score (nSPS) is 18.1. The van der Waals surface area contributed by atoms with Gasteiger partial charge in [0.1, 0.15) is 6.04 Å². The molecule has 0 spiro atoms. The first-order chi connectivity index (χ1) is 7.59. The summed E-state index contributed by atoms with van der Waals surface area (Å²) in [4.78, 5) is 24.0. The second-order valence-corrected chi connectivity index (χ2v) is 4.01. The minimum absolute atomic E-state index is 0.422. The summed E-state index contributed by atoms with van der Waals surface area (Å²) in [6.07, 6.45) is 2.45. The van der Waals surface area contributed by atoms with Crippen LogP contribution in [0, 0.1) is 0 Å². The first-order valence-corrected chi connectivity index (χ1v) is 5.59. The quantitative estimate of drug-likeness (QED) is 0.612. The molecule has 0 saturated carbocycles. The molecule has 1 atom stereocenters. The standard InChI is InChI=1S/C10H19N3O3/c1-8(9(14)15)12-10(16)11-4-7-13-5-2-3-6-13/h8H,2-7H2,1H3,(H,14,15)(H2,11,12,16)/t8-/m1/s1. The highest BCUT2D eigenvalue weighted by molar-refractivity contribution is 5.82. The molecule has 0 aromatic carbocycles. The summed E-state index contributed by atoms with van der Waals surface area (Å²) in [5, 5.41) is 13.6. The number of hydrogen-bond acceptors (Lipinski definition) is 3. The number of nitrogens with zero attached hydrogens (tertiary/aromatic N) is 1. The molecule has 1 aliphatic rings. The zero-order valence-electron chi connectivity index (χ0n) is 9.53. The van der Waals surface area contributed by atoms with Gasteiger partial charge in [0.05, 0.1) is 0 Å². The van der Waals surface area contributed by atoms with Gasteiger partial charge < -0.3 is 20.6 Å². The van der Waals surface area contributed by atoms with Crippen LogP contribution in [0.1, 0.15) is 19.8 Å². The summed E-state index contributed by atoms with van der Waals surface area (Å²) in [5.41, 5.74) is 0. The predicted molar refractivity (Wildman–Crippen MR) is 59.3 cm³/mol. The summed E-state index contributed by atoms with van der Waals surface area (Å²) in [7, 11) is 0. The van der Waals surface area contributed by atoms with Crippen molar-refractivity contribution >= 4 is 12.0 Å². The van der Waals surface area contributed by atoms with E-state index < -0.39 is 18.0 Å². The number of likely N-dealkylation sites (tertiary alicyclic amines) is 1. The van der Waals surface area contributed by atoms with E-state index in [1.54, 1.807) is 0 Å². The topological polar surface area (TPSA) is 81.7 Å². The van der Waals surface area contributed by atoms with Crippen LogP contribution in [-0.4, -0.2) is 54.2 Å². The summed E-state index contributed by atoms with van der Waals surface area (Å²) in [6, 6.07) is -1.28. The highest BCUT2D eigenvalue weighted by atomic mass is 16.4. The summed E-state index contributed by atoms with van der Waals surface area (Å²) in [5.74, 6) is -1.03. The van der Waals surface area contributed by atoms with Crippen LogP contribution in [0.4, 0.5) is 4.79 Å². The molecule has 0 bridgehead atoms. The third-order valence-electron chi connectivity index (χ3n) is 2.63. The van der Waals surface area contributed by atoms with E-state index in [-0.39, 0.29) is 0 Å². The number of carbonyl (C=O) groups excluding carboxylic acids is 1. The van der Waals surface area contributed by atoms with Crippen molar-refractivity contribution in [3.05, 3.63) is 0 Å². The second-order valence-electron chi connectivity index (χ2n) is 4.01. The van der Waals surface area contributed by atoms with E-state index in [1.165, 1.54) is 19.8 Å². The van der Waals surface area contributed by atoms with Gasteiger partial charge in [-0.05, 0) is 32.9 Å². The molecule has 1 rings (SSSR count). The highest BCUT2D eigenvalue weighted by Gasteiger charge is 2.14. The van der Waals surface area contributed by atoms with Crippen LogP contribution in [0.3, 0.4) is 0 Å². The van der Waals surface area contributed by atoms with Crippen molar-refractivity contribution in [2.24, 2.45) is 0 Å². The Labute approximate surface area is 95.0 Å². The molecule has 1 aliphatic heterocycles. The van der Waals surface area contributed by atoms with Gasteiger partial charge in [0.25, 0.3) is 0 Å². The van der Waals surface area contributed by atoms with Gasteiger partial charge in [-0.15, -0.1) is 0 Å². The Balaban J connectivity index is 2.07. The summed E-state index contributed by atoms with van der Waals surface area (Å²) < 4.78 is 0. The van der Waals surface area contributed by atoms with Crippen molar-refractivity contribution in [3.8, 4) is 0 Å². The predicted octanol–water partition coefficient (Wildman–Crippen LogP) is -0.145. The lowest BCUT2D eigenvalue weighted by molar-refractivity contribution is -0.138. The summed E-state index contributed by atoms with van der Waals surface area (Å²) >= 11 is 0. The Bertz CT molecular complexity index is 252. The maximum atomic E-state index is 11.2. The first kappa shape index (κ1) is 12.8. The van der Waals surface area contributed by atoms with Crippen molar-refractivity contribution in [2.45, 2.75) is 25.8 Å². The maximum Gasteiger partial charge on any atom is 0.325 e. The maximum absolute atomic E-state index is 11.2. The first-order valence-electron chi connectivity index (χ1n) is 5.59. The third kappa shape index (κ3) is 4.48. The van der Waals surface area contributed by atoms with Gasteiger partial charge in [-0.1, -0.05) is 0 Å². The largest absolute Gasteiger partial charge is 0.480 e. The molecular weight excluding hydrogens is 210 g/mol. The van der Waals surface area contributed by atoms with Crippen LogP contribution in [0.5, 0.6) is 0 Å². The van der Waals surface area contributed by atoms with E-state index in [0.717, 1.165) is 19.6 Å². The number of rotatable bonds is 5. The van der Waals surface area contributed by atoms with Crippen molar-refractivity contribution in [1.82, 2.24) is 15.5 Å². The number of hydrogen-bond donors (Lipinski definition) is 3. The zero-order chi connectivity index (χ0) is 12.0. The fourth-order valence-electron chi connectivity index (χ4n) is 1.64. The molecule has 16 heavy (non-hydrogen) atoms. The molecule has 0 aliphatic carbocycles. The minimum atomic E-state index is -1.03.